The zero-order chi connectivity index (χ0) is 95.6. The van der Waals surface area contributed by atoms with Crippen LogP contribution in [0.3, 0.4) is 0 Å². The molecule has 0 N–H and O–H groups in total. The summed E-state index contributed by atoms with van der Waals surface area (Å²) < 4.78 is 0. The van der Waals surface area contributed by atoms with E-state index in [-0.39, 0.29) is 20.1 Å². The molecule has 0 unspecified atom stereocenters. The van der Waals surface area contributed by atoms with Gasteiger partial charge in [-0.2, -0.15) is 0 Å². The van der Waals surface area contributed by atoms with Crippen molar-refractivity contribution < 1.29 is 98.1 Å². The van der Waals surface area contributed by atoms with Gasteiger partial charge in [0.25, 0.3) is 0 Å². The van der Waals surface area contributed by atoms with Gasteiger partial charge in [0, 0.05) is 114 Å². The zero-order valence-electron chi connectivity index (χ0n) is 72.8. The summed E-state index contributed by atoms with van der Waals surface area (Å²) in [5.41, 5.74) is 17.5. The molecule has 0 saturated carbocycles. The SMILES string of the molecule is CC(=O)CC(=O)C(=O)[O-].CC(=O)CC(=O)C(=O)[O-].CC(=O)CC(=O)C(=O)[O-].CC(=O)CC(=O)C(=O)[O-].[Ir].c1ccc(-c2ccccn2)cc1.c1ccc(-c2ccccn2)cc1.c1ccc(-c2ccccn2)cc1.c1ccc(-c2ccccn2)cc1.c1ccc(-c2ccccn2)cc1.c1ccc(-c2ccccn2)cc1.c1ccc(-c2ccccn2)cc1.c1ccc(-c2ccccn2)cc1. The van der Waals surface area contributed by atoms with Crippen molar-refractivity contribution in [3.05, 3.63) is 438 Å². The molecule has 0 saturated heterocycles. The smallest absolute Gasteiger partial charge is 0.185 e. The van der Waals surface area contributed by atoms with Crippen molar-refractivity contribution in [1.82, 2.24) is 39.9 Å². The van der Waals surface area contributed by atoms with Crippen LogP contribution >= 0.6 is 0 Å². The second-order valence-electron chi connectivity index (χ2n) is 27.0. The Morgan fingerprint density at radius 3 is 0.331 bits per heavy atom. The number of carbonyl (C=O) groups is 12. The molecule has 16 aromatic rings. The monoisotopic (exact) mass is 1950 g/mol. The molecule has 0 bridgehead atoms. The van der Waals surface area contributed by atoms with Crippen molar-refractivity contribution in [3.63, 3.8) is 0 Å². The summed E-state index contributed by atoms with van der Waals surface area (Å²) in [6.07, 6.45) is 12.2. The van der Waals surface area contributed by atoms with E-state index in [1.165, 1.54) is 0 Å². The molecule has 1 radical (unpaired) electrons. The van der Waals surface area contributed by atoms with Crippen LogP contribution in [0, 0.1) is 0 Å². The number of rotatable bonds is 20. The Labute approximate surface area is 784 Å². The maximum atomic E-state index is 10.1. The maximum absolute atomic E-state index is 10.1. The number of carboxylic acids is 4. The van der Waals surface area contributed by atoms with Gasteiger partial charge in [0.1, 0.15) is 47.0 Å². The fraction of sp³-hybridized carbons (Fsp3) is 0.0741. The summed E-state index contributed by atoms with van der Waals surface area (Å²) in [5.74, 6) is -13.7. The van der Waals surface area contributed by atoms with E-state index in [0.29, 0.717) is 0 Å². The Morgan fingerprint density at radius 1 is 0.165 bits per heavy atom. The van der Waals surface area contributed by atoms with Crippen molar-refractivity contribution in [2.24, 2.45) is 0 Å². The predicted molar refractivity (Wildman–Crippen MR) is 499 cm³/mol. The van der Waals surface area contributed by atoms with Gasteiger partial charge in [0.15, 0.2) is 23.1 Å². The quantitative estimate of drug-likeness (QED) is 0.0505. The number of hydrogen-bond acceptors (Lipinski definition) is 24. The minimum absolute atomic E-state index is 0. The van der Waals surface area contributed by atoms with E-state index in [9.17, 15) is 78.0 Å². The third kappa shape index (κ3) is 47.8. The van der Waals surface area contributed by atoms with Crippen molar-refractivity contribution in [2.45, 2.75) is 53.4 Å². The van der Waals surface area contributed by atoms with Crippen LogP contribution in [0.25, 0.3) is 90.1 Å². The number of Topliss-reactive ketones (excluding diaryl/α,β-unsaturated/α-hetero) is 8. The third-order valence-electron chi connectivity index (χ3n) is 16.4. The predicted octanol–water partition coefficient (Wildman–Crippen LogP) is 15.1. The number of hydrogen-bond donors (Lipinski definition) is 0. The van der Waals surface area contributed by atoms with Gasteiger partial charge in [-0.15, -0.1) is 0 Å². The van der Waals surface area contributed by atoms with E-state index in [1.54, 1.807) is 0 Å². The Balaban J connectivity index is 0.000000304. The van der Waals surface area contributed by atoms with E-state index >= 15 is 0 Å². The van der Waals surface area contributed by atoms with Crippen molar-refractivity contribution in [2.75, 3.05) is 0 Å². The summed E-state index contributed by atoms with van der Waals surface area (Å²) in [7, 11) is 0. The largest absolute Gasteiger partial charge is 0.542 e. The molecule has 0 amide bonds. The number of nitrogens with zero attached hydrogens (tertiary/aromatic N) is 8. The van der Waals surface area contributed by atoms with E-state index in [0.717, 1.165) is 118 Å². The summed E-state index contributed by atoms with van der Waals surface area (Å²) in [5, 5.41) is 38.5. The summed E-state index contributed by atoms with van der Waals surface area (Å²) in [6.45, 7) is 4.56. The standard InChI is InChI=1S/8C11H9N.4C5H6O4.Ir/c8*1-2-6-10(7-3-1)11-8-4-5-9-12-11;4*1-3(6)2-4(7)5(8)9;/h8*1-9H;4*2H2,1H3,(H,8,9);/p-4. The molecule has 8 aromatic heterocycles. The molecule has 0 aliphatic carbocycles. The summed E-state index contributed by atoms with van der Waals surface area (Å²) in [4.78, 5) is 153. The van der Waals surface area contributed by atoms with Crippen molar-refractivity contribution in [1.29, 1.82) is 0 Å². The molecular formula is C108H92IrN8O16-4. The molecular weight excluding hydrogens is 1860 g/mol. The first-order chi connectivity index (χ1) is 63.9. The molecule has 0 aliphatic heterocycles. The average Bonchev–Trinajstić information content (AvgIpc) is 0.919. The second kappa shape index (κ2) is 65.4. The second-order valence-corrected chi connectivity index (χ2v) is 27.0. The van der Waals surface area contributed by atoms with Crippen LogP contribution in [0.2, 0.25) is 0 Å². The molecule has 0 spiro atoms. The first-order valence-electron chi connectivity index (χ1n) is 40.5. The van der Waals surface area contributed by atoms with Gasteiger partial charge >= 0.3 is 0 Å². The Morgan fingerprint density at radius 2 is 0.263 bits per heavy atom. The molecule has 8 aromatic carbocycles. The molecule has 673 valence electrons. The first-order valence-corrected chi connectivity index (χ1v) is 40.5. The van der Waals surface area contributed by atoms with Gasteiger partial charge < -0.3 is 39.6 Å². The average molecular weight is 1950 g/mol. The van der Waals surface area contributed by atoms with E-state index in [2.05, 4.69) is 137 Å². The maximum Gasteiger partial charge on any atom is 0.185 e. The zero-order valence-corrected chi connectivity index (χ0v) is 75.2. The molecule has 0 fully saturated rings. The van der Waals surface area contributed by atoms with Crippen LogP contribution in [0.15, 0.2) is 438 Å². The molecule has 0 atom stereocenters. The topological polar surface area (TPSA) is 400 Å². The Bertz CT molecular complexity index is 4700. The number of aromatic nitrogens is 8. The van der Waals surface area contributed by atoms with Gasteiger partial charge in [-0.1, -0.05) is 291 Å². The van der Waals surface area contributed by atoms with E-state index < -0.39 is 95.8 Å². The molecule has 24 nitrogen and oxygen atoms in total. The number of aliphatic carboxylic acids is 4. The van der Waals surface area contributed by atoms with Crippen LogP contribution in [0.1, 0.15) is 53.4 Å². The van der Waals surface area contributed by atoms with Crippen LogP contribution < -0.4 is 20.4 Å². The third-order valence-corrected chi connectivity index (χ3v) is 16.4. The van der Waals surface area contributed by atoms with Gasteiger partial charge in [-0.25, -0.2) is 0 Å². The van der Waals surface area contributed by atoms with Gasteiger partial charge in [0.2, 0.25) is 0 Å². The summed E-state index contributed by atoms with van der Waals surface area (Å²) >= 11 is 0. The van der Waals surface area contributed by atoms with E-state index in [4.69, 9.17) is 0 Å². The Hall–Kier alpha value is -17.2. The van der Waals surface area contributed by atoms with Crippen molar-refractivity contribution in [3.8, 4) is 90.1 Å². The molecule has 8 heterocycles. The van der Waals surface area contributed by atoms with Gasteiger partial charge in [0.05, 0.1) is 71.2 Å². The number of benzene rings is 8. The van der Waals surface area contributed by atoms with Crippen LogP contribution in [-0.2, 0) is 77.6 Å². The van der Waals surface area contributed by atoms with Crippen LogP contribution in [0.5, 0.6) is 0 Å². The number of pyridine rings is 8. The normalized spacial score (nSPS) is 9.29. The van der Waals surface area contributed by atoms with Crippen LogP contribution in [-0.4, -0.2) is 110 Å². The minimum Gasteiger partial charge on any atom is -0.542 e. The van der Waals surface area contributed by atoms with Gasteiger partial charge in [-0.05, 0) is 125 Å². The van der Waals surface area contributed by atoms with E-state index in [1.807, 2.05) is 341 Å². The van der Waals surface area contributed by atoms with Gasteiger partial charge in [-0.3, -0.25) is 78.2 Å². The number of carboxylic acid groups (broad SMARTS) is 4. The molecule has 133 heavy (non-hydrogen) atoms. The van der Waals surface area contributed by atoms with Crippen molar-refractivity contribution >= 4 is 70.1 Å². The molecule has 0 aliphatic rings. The Kier molecular flexibility index (Phi) is 53.2. The molecule has 25 heteroatoms. The van der Waals surface area contributed by atoms with Crippen LogP contribution in [0.4, 0.5) is 0 Å². The fourth-order valence-corrected chi connectivity index (χ4v) is 10.3. The summed E-state index contributed by atoms with van der Waals surface area (Å²) in [6, 6.07) is 129. The number of ketones is 8. The molecule has 16 rings (SSSR count). The first kappa shape index (κ1) is 108. The number of carbonyl (C=O) groups excluding carboxylic acids is 12. The minimum atomic E-state index is -1.80. The fourth-order valence-electron chi connectivity index (χ4n) is 10.3.